The Morgan fingerprint density at radius 3 is 2.33 bits per heavy atom. The first kappa shape index (κ1) is 12.5. The summed E-state index contributed by atoms with van der Waals surface area (Å²) in [6, 6.07) is 11.1. The van der Waals surface area contributed by atoms with Crippen LogP contribution in [0, 0.1) is 0 Å². The van der Waals surface area contributed by atoms with Crippen LogP contribution in [0.25, 0.3) is 0 Å². The fourth-order valence-electron chi connectivity index (χ4n) is 2.45. The van der Waals surface area contributed by atoms with Crippen molar-refractivity contribution >= 4 is 12.4 Å². The molecule has 2 heteroatoms. The molecule has 15 heavy (non-hydrogen) atoms. The molecule has 84 valence electrons. The van der Waals surface area contributed by atoms with Crippen molar-refractivity contribution < 1.29 is 0 Å². The zero-order chi connectivity index (χ0) is 9.80. The van der Waals surface area contributed by atoms with Crippen LogP contribution >= 0.6 is 12.4 Å². The molecule has 0 bridgehead atoms. The topological polar surface area (TPSA) is 26.0 Å². The molecule has 2 atom stereocenters. The normalized spacial score (nSPS) is 26.5. The minimum Gasteiger partial charge on any atom is -0.327 e. The van der Waals surface area contributed by atoms with Crippen molar-refractivity contribution in [3.63, 3.8) is 0 Å². The minimum atomic E-state index is 0. The molecular weight excluding hydrogens is 206 g/mol. The van der Waals surface area contributed by atoms with Gasteiger partial charge < -0.3 is 5.73 Å². The molecule has 0 aromatic heterocycles. The van der Waals surface area contributed by atoms with E-state index in [4.69, 9.17) is 5.73 Å². The summed E-state index contributed by atoms with van der Waals surface area (Å²) >= 11 is 0. The monoisotopic (exact) mass is 225 g/mol. The van der Waals surface area contributed by atoms with Crippen LogP contribution in [0.15, 0.2) is 30.3 Å². The summed E-state index contributed by atoms with van der Waals surface area (Å²) in [4.78, 5) is 0. The minimum absolute atomic E-state index is 0. The number of rotatable bonds is 1. The summed E-state index contributed by atoms with van der Waals surface area (Å²) in [5, 5.41) is 0. The number of hydrogen-bond donors (Lipinski definition) is 1. The highest BCUT2D eigenvalue weighted by Gasteiger charge is 2.21. The predicted molar refractivity (Wildman–Crippen MR) is 67.5 cm³/mol. The Kier molecular flexibility index (Phi) is 5.13. The molecule has 1 aliphatic carbocycles. The Bertz CT molecular complexity index is 273. The van der Waals surface area contributed by atoms with Gasteiger partial charge in [0.25, 0.3) is 0 Å². The molecule has 1 nitrogen and oxygen atoms in total. The second kappa shape index (κ2) is 6.14. The van der Waals surface area contributed by atoms with Crippen LogP contribution in [0.5, 0.6) is 0 Å². The number of benzene rings is 1. The molecule has 0 amide bonds. The van der Waals surface area contributed by atoms with Gasteiger partial charge in [-0.2, -0.15) is 0 Å². The molecule has 0 spiro atoms. The molecule has 0 radical (unpaired) electrons. The van der Waals surface area contributed by atoms with Crippen molar-refractivity contribution in [1.82, 2.24) is 0 Å². The number of halogens is 1. The molecule has 1 saturated carbocycles. The lowest BCUT2D eigenvalue weighted by atomic mass is 9.88. The maximum atomic E-state index is 6.21. The molecule has 1 aliphatic rings. The van der Waals surface area contributed by atoms with E-state index in [1.165, 1.54) is 37.7 Å². The van der Waals surface area contributed by atoms with E-state index in [1.807, 2.05) is 0 Å². The molecule has 1 fully saturated rings. The van der Waals surface area contributed by atoms with E-state index in [9.17, 15) is 0 Å². The van der Waals surface area contributed by atoms with Crippen molar-refractivity contribution in [1.29, 1.82) is 0 Å². The predicted octanol–water partition coefficient (Wildman–Crippen LogP) is 3.48. The molecule has 0 aliphatic heterocycles. The second-order valence-corrected chi connectivity index (χ2v) is 4.32. The third-order valence-corrected chi connectivity index (χ3v) is 3.30. The average molecular weight is 226 g/mol. The maximum Gasteiger partial charge on any atom is 0.0108 e. The average Bonchev–Trinajstić information content (AvgIpc) is 2.44. The summed E-state index contributed by atoms with van der Waals surface area (Å²) < 4.78 is 0. The van der Waals surface area contributed by atoms with Crippen LogP contribution < -0.4 is 5.73 Å². The van der Waals surface area contributed by atoms with Crippen molar-refractivity contribution in [2.45, 2.75) is 44.1 Å². The van der Waals surface area contributed by atoms with Gasteiger partial charge in [-0.1, -0.05) is 49.6 Å². The first-order chi connectivity index (χ1) is 6.88. The van der Waals surface area contributed by atoms with Crippen LogP contribution in [0.1, 0.15) is 43.6 Å². The van der Waals surface area contributed by atoms with Crippen LogP contribution in [-0.2, 0) is 0 Å². The van der Waals surface area contributed by atoms with E-state index in [0.29, 0.717) is 12.0 Å². The molecule has 0 heterocycles. The summed E-state index contributed by atoms with van der Waals surface area (Å²) in [6.45, 7) is 0. The molecule has 2 N–H and O–H groups in total. The summed E-state index contributed by atoms with van der Waals surface area (Å²) in [5.74, 6) is 0.596. The van der Waals surface area contributed by atoms with Gasteiger partial charge in [0, 0.05) is 6.04 Å². The second-order valence-electron chi connectivity index (χ2n) is 4.32. The lowest BCUT2D eigenvalue weighted by Crippen LogP contribution is -2.27. The van der Waals surface area contributed by atoms with E-state index in [0.717, 1.165) is 0 Å². The quantitative estimate of drug-likeness (QED) is 0.728. The number of hydrogen-bond acceptors (Lipinski definition) is 1. The van der Waals surface area contributed by atoms with E-state index in [1.54, 1.807) is 0 Å². The smallest absolute Gasteiger partial charge is 0.0108 e. The Morgan fingerprint density at radius 2 is 1.60 bits per heavy atom. The van der Waals surface area contributed by atoms with Gasteiger partial charge in [0.15, 0.2) is 0 Å². The Hall–Kier alpha value is -0.530. The van der Waals surface area contributed by atoms with Gasteiger partial charge >= 0.3 is 0 Å². The SMILES string of the molecule is Cl.NC1CCCCCC1c1ccccc1. The first-order valence-electron chi connectivity index (χ1n) is 5.68. The third kappa shape index (κ3) is 3.22. The van der Waals surface area contributed by atoms with E-state index >= 15 is 0 Å². The van der Waals surface area contributed by atoms with Crippen LogP contribution in [0.2, 0.25) is 0 Å². The van der Waals surface area contributed by atoms with Gasteiger partial charge in [-0.25, -0.2) is 0 Å². The zero-order valence-corrected chi connectivity index (χ0v) is 9.88. The summed E-state index contributed by atoms with van der Waals surface area (Å²) in [6.07, 6.45) is 6.47. The Morgan fingerprint density at radius 1 is 0.933 bits per heavy atom. The largest absolute Gasteiger partial charge is 0.327 e. The van der Waals surface area contributed by atoms with E-state index in [-0.39, 0.29) is 12.4 Å². The van der Waals surface area contributed by atoms with Gasteiger partial charge in [0.05, 0.1) is 0 Å². The van der Waals surface area contributed by atoms with Gasteiger partial charge in [-0.15, -0.1) is 12.4 Å². The van der Waals surface area contributed by atoms with E-state index < -0.39 is 0 Å². The lowest BCUT2D eigenvalue weighted by molar-refractivity contribution is 0.505. The molecule has 0 saturated heterocycles. The highest BCUT2D eigenvalue weighted by atomic mass is 35.5. The highest BCUT2D eigenvalue weighted by molar-refractivity contribution is 5.85. The van der Waals surface area contributed by atoms with Crippen LogP contribution in [0.4, 0.5) is 0 Å². The Balaban J connectivity index is 0.00000112. The van der Waals surface area contributed by atoms with Gasteiger partial charge in [-0.05, 0) is 24.3 Å². The lowest BCUT2D eigenvalue weighted by Gasteiger charge is -2.21. The van der Waals surface area contributed by atoms with Crippen LogP contribution in [-0.4, -0.2) is 6.04 Å². The zero-order valence-electron chi connectivity index (χ0n) is 9.06. The standard InChI is InChI=1S/C13H19N.ClH/c14-13-10-6-2-5-9-12(13)11-7-3-1-4-8-11;/h1,3-4,7-8,12-13H,2,5-6,9-10,14H2;1H. The van der Waals surface area contributed by atoms with Crippen molar-refractivity contribution in [2.24, 2.45) is 5.73 Å². The van der Waals surface area contributed by atoms with Gasteiger partial charge in [0.2, 0.25) is 0 Å². The molecule has 2 rings (SSSR count). The van der Waals surface area contributed by atoms with Gasteiger partial charge in [-0.3, -0.25) is 0 Å². The molecule has 2 unspecified atom stereocenters. The van der Waals surface area contributed by atoms with Crippen molar-refractivity contribution in [3.8, 4) is 0 Å². The first-order valence-corrected chi connectivity index (χ1v) is 5.68. The molecule has 1 aromatic rings. The fourth-order valence-corrected chi connectivity index (χ4v) is 2.45. The van der Waals surface area contributed by atoms with E-state index in [2.05, 4.69) is 30.3 Å². The molecule has 1 aromatic carbocycles. The summed E-state index contributed by atoms with van der Waals surface area (Å²) in [5.41, 5.74) is 7.64. The fraction of sp³-hybridized carbons (Fsp3) is 0.538. The number of nitrogens with two attached hydrogens (primary N) is 1. The van der Waals surface area contributed by atoms with Crippen molar-refractivity contribution in [3.05, 3.63) is 35.9 Å². The van der Waals surface area contributed by atoms with Crippen LogP contribution in [0.3, 0.4) is 0 Å². The van der Waals surface area contributed by atoms with Crippen molar-refractivity contribution in [2.75, 3.05) is 0 Å². The third-order valence-electron chi connectivity index (χ3n) is 3.30. The summed E-state index contributed by atoms with van der Waals surface area (Å²) in [7, 11) is 0. The Labute approximate surface area is 98.5 Å². The maximum absolute atomic E-state index is 6.21. The highest BCUT2D eigenvalue weighted by Crippen LogP contribution is 2.30. The van der Waals surface area contributed by atoms with Gasteiger partial charge in [0.1, 0.15) is 0 Å². The molecular formula is C13H20ClN.